The third-order valence-electron chi connectivity index (χ3n) is 2.53. The summed E-state index contributed by atoms with van der Waals surface area (Å²) in [4.78, 5) is 11.4. The van der Waals surface area contributed by atoms with Gasteiger partial charge in [0.2, 0.25) is 0 Å². The van der Waals surface area contributed by atoms with Gasteiger partial charge in [0.05, 0.1) is 12.5 Å². The average molecular weight is 292 g/mol. The summed E-state index contributed by atoms with van der Waals surface area (Å²) < 4.78 is 4.70. The van der Waals surface area contributed by atoms with Crippen LogP contribution in [0.15, 0.2) is 18.2 Å². The number of carbonyl (C=O) groups excluding carboxylic acids is 1. The lowest BCUT2D eigenvalue weighted by Gasteiger charge is -2.15. The summed E-state index contributed by atoms with van der Waals surface area (Å²) in [5, 5.41) is 4.30. The van der Waals surface area contributed by atoms with E-state index in [1.165, 1.54) is 7.11 Å². The zero-order valence-corrected chi connectivity index (χ0v) is 11.4. The molecule has 1 fully saturated rings. The quantitative estimate of drug-likeness (QED) is 0.851. The van der Waals surface area contributed by atoms with E-state index in [0.29, 0.717) is 15.8 Å². The normalized spacial score (nSPS) is 23.7. The van der Waals surface area contributed by atoms with Gasteiger partial charge in [0.1, 0.15) is 6.04 Å². The fourth-order valence-electron chi connectivity index (χ4n) is 1.68. The number of hydrogen-bond acceptors (Lipinski definition) is 4. The Labute approximate surface area is 114 Å². The highest BCUT2D eigenvalue weighted by Crippen LogP contribution is 2.40. The summed E-state index contributed by atoms with van der Waals surface area (Å²) in [6.07, 6.45) is 0. The SMILES string of the molecule is COC(=O)C1CSC(c2c(Cl)cccc2Cl)N1. The van der Waals surface area contributed by atoms with Crippen LogP contribution in [0.3, 0.4) is 0 Å². The van der Waals surface area contributed by atoms with E-state index in [1.807, 2.05) is 0 Å². The Bertz CT molecular complexity index is 421. The van der Waals surface area contributed by atoms with Crippen LogP contribution >= 0.6 is 35.0 Å². The van der Waals surface area contributed by atoms with Crippen molar-refractivity contribution in [2.45, 2.75) is 11.4 Å². The van der Waals surface area contributed by atoms with Crippen molar-refractivity contribution in [2.75, 3.05) is 12.9 Å². The molecule has 0 saturated carbocycles. The molecule has 1 aromatic rings. The van der Waals surface area contributed by atoms with Crippen LogP contribution in [-0.2, 0) is 9.53 Å². The highest BCUT2D eigenvalue weighted by molar-refractivity contribution is 7.99. The van der Waals surface area contributed by atoms with Crippen LogP contribution in [0.5, 0.6) is 0 Å². The van der Waals surface area contributed by atoms with Crippen molar-refractivity contribution in [3.8, 4) is 0 Å². The lowest BCUT2D eigenvalue weighted by Crippen LogP contribution is -2.35. The van der Waals surface area contributed by atoms with Gasteiger partial charge in [-0.15, -0.1) is 11.8 Å². The van der Waals surface area contributed by atoms with E-state index in [1.54, 1.807) is 30.0 Å². The maximum absolute atomic E-state index is 11.4. The average Bonchev–Trinajstić information content (AvgIpc) is 2.77. The topological polar surface area (TPSA) is 38.3 Å². The van der Waals surface area contributed by atoms with Crippen molar-refractivity contribution in [1.82, 2.24) is 5.32 Å². The van der Waals surface area contributed by atoms with Crippen molar-refractivity contribution < 1.29 is 9.53 Å². The van der Waals surface area contributed by atoms with Gasteiger partial charge in [-0.2, -0.15) is 0 Å². The Morgan fingerprint density at radius 2 is 2.12 bits per heavy atom. The maximum atomic E-state index is 11.4. The molecule has 0 aliphatic carbocycles. The van der Waals surface area contributed by atoms with Crippen LogP contribution in [-0.4, -0.2) is 24.9 Å². The Kier molecular flexibility index (Phi) is 4.20. The lowest BCUT2D eigenvalue weighted by atomic mass is 10.2. The molecule has 6 heteroatoms. The second-order valence-corrected chi connectivity index (χ2v) is 5.54. The van der Waals surface area contributed by atoms with Crippen molar-refractivity contribution in [3.63, 3.8) is 0 Å². The third-order valence-corrected chi connectivity index (χ3v) is 4.42. The van der Waals surface area contributed by atoms with Crippen molar-refractivity contribution >= 4 is 40.9 Å². The smallest absolute Gasteiger partial charge is 0.323 e. The summed E-state index contributed by atoms with van der Waals surface area (Å²) in [7, 11) is 1.38. The number of esters is 1. The summed E-state index contributed by atoms with van der Waals surface area (Å²) in [5.74, 6) is 0.391. The first-order valence-corrected chi connectivity index (χ1v) is 6.83. The van der Waals surface area contributed by atoms with Gasteiger partial charge < -0.3 is 4.74 Å². The molecule has 1 saturated heterocycles. The molecule has 1 aliphatic heterocycles. The van der Waals surface area contributed by atoms with Crippen LogP contribution in [0.1, 0.15) is 10.9 Å². The van der Waals surface area contributed by atoms with Crippen LogP contribution in [0.4, 0.5) is 0 Å². The fraction of sp³-hybridized carbons (Fsp3) is 0.364. The van der Waals surface area contributed by atoms with Gasteiger partial charge in [-0.1, -0.05) is 29.3 Å². The molecule has 17 heavy (non-hydrogen) atoms. The van der Waals surface area contributed by atoms with Gasteiger partial charge in [0, 0.05) is 21.4 Å². The molecule has 0 spiro atoms. The molecule has 0 bridgehead atoms. The van der Waals surface area contributed by atoms with E-state index >= 15 is 0 Å². The molecule has 92 valence electrons. The molecular weight excluding hydrogens is 281 g/mol. The van der Waals surface area contributed by atoms with Crippen molar-refractivity contribution in [1.29, 1.82) is 0 Å². The number of ether oxygens (including phenoxy) is 1. The first-order chi connectivity index (χ1) is 8.13. The molecule has 2 atom stereocenters. The van der Waals surface area contributed by atoms with Crippen molar-refractivity contribution in [3.05, 3.63) is 33.8 Å². The number of methoxy groups -OCH3 is 1. The molecule has 0 radical (unpaired) electrons. The second kappa shape index (κ2) is 5.48. The van der Waals surface area contributed by atoms with Gasteiger partial charge in [-0.25, -0.2) is 0 Å². The fourth-order valence-corrected chi connectivity index (χ4v) is 3.72. The molecule has 0 aromatic heterocycles. The summed E-state index contributed by atoms with van der Waals surface area (Å²) >= 11 is 13.8. The number of carbonyl (C=O) groups is 1. The number of hydrogen-bond donors (Lipinski definition) is 1. The first-order valence-electron chi connectivity index (χ1n) is 5.03. The largest absolute Gasteiger partial charge is 0.468 e. The Hall–Kier alpha value is -0.420. The van der Waals surface area contributed by atoms with Crippen LogP contribution < -0.4 is 5.32 Å². The zero-order chi connectivity index (χ0) is 12.4. The third kappa shape index (κ3) is 2.71. The minimum Gasteiger partial charge on any atom is -0.468 e. The standard InChI is InChI=1S/C11H11Cl2NO2S/c1-16-11(15)8-5-17-10(14-8)9-6(12)3-2-4-7(9)13/h2-4,8,10,14H,5H2,1H3. The summed E-state index contributed by atoms with van der Waals surface area (Å²) in [5.41, 5.74) is 0.826. The van der Waals surface area contributed by atoms with Crippen LogP contribution in [0.25, 0.3) is 0 Å². The molecule has 0 amide bonds. The molecule has 3 nitrogen and oxygen atoms in total. The van der Waals surface area contributed by atoms with Crippen LogP contribution in [0.2, 0.25) is 10.0 Å². The van der Waals surface area contributed by atoms with Gasteiger partial charge in [-0.05, 0) is 12.1 Å². The number of halogens is 2. The van der Waals surface area contributed by atoms with Gasteiger partial charge in [0.15, 0.2) is 0 Å². The number of thioether (sulfide) groups is 1. The minimum absolute atomic E-state index is 0.0692. The lowest BCUT2D eigenvalue weighted by molar-refractivity contribution is -0.142. The Morgan fingerprint density at radius 1 is 1.47 bits per heavy atom. The Morgan fingerprint density at radius 3 is 2.71 bits per heavy atom. The number of benzene rings is 1. The predicted octanol–water partition coefficient (Wildman–Crippen LogP) is 2.87. The van der Waals surface area contributed by atoms with E-state index in [4.69, 9.17) is 27.9 Å². The van der Waals surface area contributed by atoms with Crippen molar-refractivity contribution in [2.24, 2.45) is 0 Å². The zero-order valence-electron chi connectivity index (χ0n) is 9.07. The van der Waals surface area contributed by atoms with Gasteiger partial charge >= 0.3 is 5.97 Å². The van der Waals surface area contributed by atoms with E-state index in [-0.39, 0.29) is 17.4 Å². The molecule has 2 rings (SSSR count). The summed E-state index contributed by atoms with van der Waals surface area (Å²) in [6, 6.07) is 5.07. The Balaban J connectivity index is 2.18. The van der Waals surface area contributed by atoms with Gasteiger partial charge in [-0.3, -0.25) is 10.1 Å². The van der Waals surface area contributed by atoms with E-state index < -0.39 is 0 Å². The van der Waals surface area contributed by atoms with Crippen LogP contribution in [0, 0.1) is 0 Å². The van der Waals surface area contributed by atoms with E-state index in [2.05, 4.69) is 5.32 Å². The molecule has 1 aliphatic rings. The molecule has 2 unspecified atom stereocenters. The molecular formula is C11H11Cl2NO2S. The van der Waals surface area contributed by atoms with E-state index in [9.17, 15) is 4.79 Å². The first kappa shape index (κ1) is 13.0. The molecule has 1 aromatic carbocycles. The second-order valence-electron chi connectivity index (χ2n) is 3.59. The van der Waals surface area contributed by atoms with E-state index in [0.717, 1.165) is 5.56 Å². The minimum atomic E-state index is -0.303. The summed E-state index contributed by atoms with van der Waals surface area (Å²) in [6.45, 7) is 0. The van der Waals surface area contributed by atoms with Gasteiger partial charge in [0.25, 0.3) is 0 Å². The number of rotatable bonds is 2. The molecule has 1 heterocycles. The maximum Gasteiger partial charge on any atom is 0.323 e. The highest BCUT2D eigenvalue weighted by atomic mass is 35.5. The number of nitrogens with one attached hydrogen (secondary N) is 1. The predicted molar refractivity (Wildman–Crippen MR) is 70.6 cm³/mol. The highest BCUT2D eigenvalue weighted by Gasteiger charge is 2.33. The molecule has 1 N–H and O–H groups in total. The monoisotopic (exact) mass is 291 g/mol.